The average molecular weight is 262 g/mol. The first-order chi connectivity index (χ1) is 9.06. The average Bonchev–Trinajstić information content (AvgIpc) is 2.74. The number of amides is 2. The van der Waals surface area contributed by atoms with Gasteiger partial charge in [-0.2, -0.15) is 0 Å². The second kappa shape index (κ2) is 4.97. The third-order valence-electron chi connectivity index (χ3n) is 2.63. The Balaban J connectivity index is 2.61. The van der Waals surface area contributed by atoms with Crippen molar-refractivity contribution >= 4 is 29.1 Å². The zero-order valence-corrected chi connectivity index (χ0v) is 10.9. The maximum atomic E-state index is 11.9. The lowest BCUT2D eigenvalue weighted by Crippen LogP contribution is -2.27. The van der Waals surface area contributed by atoms with Crippen LogP contribution < -0.4 is 10.6 Å². The highest BCUT2D eigenvalue weighted by Crippen LogP contribution is 2.20. The number of nitrogens with zero attached hydrogens (tertiary/aromatic N) is 2. The molecule has 7 heteroatoms. The highest BCUT2D eigenvalue weighted by molar-refractivity contribution is 5.96. The van der Waals surface area contributed by atoms with Gasteiger partial charge in [-0.15, -0.1) is 0 Å². The third kappa shape index (κ3) is 2.35. The van der Waals surface area contributed by atoms with Crippen LogP contribution in [0.25, 0.3) is 11.0 Å². The van der Waals surface area contributed by atoms with E-state index in [0.29, 0.717) is 11.0 Å². The van der Waals surface area contributed by atoms with E-state index in [9.17, 15) is 9.59 Å². The number of benzene rings is 1. The van der Waals surface area contributed by atoms with Gasteiger partial charge in [-0.05, 0) is 24.6 Å². The number of imidazole rings is 1. The van der Waals surface area contributed by atoms with Crippen molar-refractivity contribution in [1.29, 1.82) is 0 Å². The fourth-order valence-electron chi connectivity index (χ4n) is 1.73. The molecule has 0 aliphatic rings. The van der Waals surface area contributed by atoms with Gasteiger partial charge in [0, 0.05) is 7.05 Å². The molecule has 0 saturated carbocycles. The maximum Gasteiger partial charge on any atom is 0.413 e. The van der Waals surface area contributed by atoms with Gasteiger partial charge in [-0.3, -0.25) is 5.32 Å². The number of nitrogens with one attached hydrogen (secondary N) is 2. The van der Waals surface area contributed by atoms with Crippen molar-refractivity contribution in [3.63, 3.8) is 0 Å². The molecule has 1 heterocycles. The predicted molar refractivity (Wildman–Crippen MR) is 70.4 cm³/mol. The maximum absolute atomic E-state index is 11.9. The number of aryl methyl sites for hydroxylation is 1. The van der Waals surface area contributed by atoms with Crippen LogP contribution in [0.5, 0.6) is 0 Å². The molecule has 2 aromatic rings. The van der Waals surface area contributed by atoms with E-state index in [2.05, 4.69) is 20.4 Å². The third-order valence-corrected chi connectivity index (χ3v) is 2.63. The molecule has 0 saturated heterocycles. The van der Waals surface area contributed by atoms with Crippen molar-refractivity contribution in [2.75, 3.05) is 19.5 Å². The SMILES string of the molecule is CNC(=O)n1c(NC(=O)OC)nc2ccc(C)cc21. The van der Waals surface area contributed by atoms with Crippen molar-refractivity contribution in [3.8, 4) is 0 Å². The zero-order valence-electron chi connectivity index (χ0n) is 10.9. The fraction of sp³-hybridized carbons (Fsp3) is 0.250. The molecule has 7 nitrogen and oxygen atoms in total. The molecule has 0 radical (unpaired) electrons. The second-order valence-corrected chi connectivity index (χ2v) is 3.93. The van der Waals surface area contributed by atoms with Gasteiger partial charge in [0.05, 0.1) is 18.1 Å². The van der Waals surface area contributed by atoms with Gasteiger partial charge in [0.2, 0.25) is 5.95 Å². The van der Waals surface area contributed by atoms with E-state index in [1.807, 2.05) is 19.1 Å². The molecule has 2 rings (SSSR count). The van der Waals surface area contributed by atoms with Crippen molar-refractivity contribution in [2.45, 2.75) is 6.92 Å². The van der Waals surface area contributed by atoms with E-state index >= 15 is 0 Å². The Morgan fingerprint density at radius 2 is 2.11 bits per heavy atom. The number of hydrogen-bond acceptors (Lipinski definition) is 4. The molecule has 0 bridgehead atoms. The minimum atomic E-state index is -0.683. The van der Waals surface area contributed by atoms with E-state index in [1.165, 1.54) is 18.7 Å². The van der Waals surface area contributed by atoms with Gasteiger partial charge in [0.25, 0.3) is 0 Å². The summed E-state index contributed by atoms with van der Waals surface area (Å²) in [6, 6.07) is 5.09. The summed E-state index contributed by atoms with van der Waals surface area (Å²) in [6.07, 6.45) is -0.683. The minimum absolute atomic E-state index is 0.117. The van der Waals surface area contributed by atoms with Crippen molar-refractivity contribution in [3.05, 3.63) is 23.8 Å². The lowest BCUT2D eigenvalue weighted by Gasteiger charge is -2.07. The molecule has 19 heavy (non-hydrogen) atoms. The van der Waals surface area contributed by atoms with E-state index in [-0.39, 0.29) is 12.0 Å². The van der Waals surface area contributed by atoms with Gasteiger partial charge in [-0.1, -0.05) is 6.07 Å². The monoisotopic (exact) mass is 262 g/mol. The van der Waals surface area contributed by atoms with Crippen LogP contribution in [0.1, 0.15) is 5.56 Å². The van der Waals surface area contributed by atoms with Crippen LogP contribution in [0.2, 0.25) is 0 Å². The second-order valence-electron chi connectivity index (χ2n) is 3.93. The van der Waals surface area contributed by atoms with Crippen molar-refractivity contribution in [1.82, 2.24) is 14.9 Å². The Morgan fingerprint density at radius 1 is 1.37 bits per heavy atom. The normalized spacial score (nSPS) is 10.3. The molecule has 0 aliphatic carbocycles. The predicted octanol–water partition coefficient (Wildman–Crippen LogP) is 1.71. The van der Waals surface area contributed by atoms with Gasteiger partial charge in [-0.25, -0.2) is 19.1 Å². The van der Waals surface area contributed by atoms with Crippen LogP contribution in [0.4, 0.5) is 15.5 Å². The quantitative estimate of drug-likeness (QED) is 0.819. The molecule has 0 spiro atoms. The van der Waals surface area contributed by atoms with Crippen molar-refractivity contribution < 1.29 is 14.3 Å². The Bertz CT molecular complexity index is 648. The molecule has 2 N–H and O–H groups in total. The van der Waals surface area contributed by atoms with Gasteiger partial charge < -0.3 is 10.1 Å². The summed E-state index contributed by atoms with van der Waals surface area (Å²) in [7, 11) is 2.75. The largest absolute Gasteiger partial charge is 0.453 e. The lowest BCUT2D eigenvalue weighted by atomic mass is 10.2. The first kappa shape index (κ1) is 12.9. The van der Waals surface area contributed by atoms with Crippen LogP contribution in [0.15, 0.2) is 18.2 Å². The van der Waals surface area contributed by atoms with Crippen LogP contribution in [0.3, 0.4) is 0 Å². The number of rotatable bonds is 1. The van der Waals surface area contributed by atoms with E-state index in [1.54, 1.807) is 6.07 Å². The number of carbonyl (C=O) groups is 2. The molecular weight excluding hydrogens is 248 g/mol. The number of methoxy groups -OCH3 is 1. The number of aromatic nitrogens is 2. The summed E-state index contributed by atoms with van der Waals surface area (Å²) in [5.74, 6) is 0.117. The van der Waals surface area contributed by atoms with Crippen LogP contribution in [0, 0.1) is 6.92 Å². The minimum Gasteiger partial charge on any atom is -0.453 e. The summed E-state index contributed by atoms with van der Waals surface area (Å²) >= 11 is 0. The van der Waals surface area contributed by atoms with Crippen LogP contribution in [-0.2, 0) is 4.74 Å². The number of anilines is 1. The molecule has 1 aromatic carbocycles. The van der Waals surface area contributed by atoms with E-state index in [4.69, 9.17) is 0 Å². The summed E-state index contributed by atoms with van der Waals surface area (Å²) in [6.45, 7) is 1.91. The standard InChI is InChI=1S/C12H14N4O3/c1-7-4-5-8-9(6-7)16(11(17)13-2)10(14-8)15-12(18)19-3/h4-6H,1-3H3,(H,13,17)(H,14,15,18). The molecular formula is C12H14N4O3. The summed E-state index contributed by atoms with van der Waals surface area (Å²) < 4.78 is 5.80. The molecule has 0 unspecified atom stereocenters. The smallest absolute Gasteiger partial charge is 0.413 e. The van der Waals surface area contributed by atoms with E-state index in [0.717, 1.165) is 5.56 Å². The van der Waals surface area contributed by atoms with Gasteiger partial charge in [0.1, 0.15) is 0 Å². The molecule has 1 aromatic heterocycles. The zero-order chi connectivity index (χ0) is 14.0. The Kier molecular flexibility index (Phi) is 3.37. The summed E-state index contributed by atoms with van der Waals surface area (Å²) in [5.41, 5.74) is 2.22. The highest BCUT2D eigenvalue weighted by atomic mass is 16.5. The van der Waals surface area contributed by atoms with Gasteiger partial charge in [0.15, 0.2) is 0 Å². The molecule has 0 atom stereocenters. The van der Waals surface area contributed by atoms with E-state index < -0.39 is 6.09 Å². The Morgan fingerprint density at radius 3 is 2.74 bits per heavy atom. The summed E-state index contributed by atoms with van der Waals surface area (Å²) in [5, 5.41) is 4.92. The molecule has 0 aliphatic heterocycles. The van der Waals surface area contributed by atoms with Crippen LogP contribution in [-0.4, -0.2) is 35.8 Å². The van der Waals surface area contributed by atoms with Crippen LogP contribution >= 0.6 is 0 Å². The topological polar surface area (TPSA) is 85.2 Å². The number of carbonyl (C=O) groups excluding carboxylic acids is 2. The summed E-state index contributed by atoms with van der Waals surface area (Å²) in [4.78, 5) is 27.4. The highest BCUT2D eigenvalue weighted by Gasteiger charge is 2.17. The number of fused-ring (bicyclic) bond motifs is 1. The fourth-order valence-corrected chi connectivity index (χ4v) is 1.73. The Labute approximate surface area is 109 Å². The molecule has 100 valence electrons. The first-order valence-corrected chi connectivity index (χ1v) is 5.63. The molecule has 0 fully saturated rings. The number of hydrogen-bond donors (Lipinski definition) is 2. The Hall–Kier alpha value is -2.57. The molecule has 2 amide bonds. The number of ether oxygens (including phenoxy) is 1. The lowest BCUT2D eigenvalue weighted by molar-refractivity contribution is 0.186. The van der Waals surface area contributed by atoms with Crippen molar-refractivity contribution in [2.24, 2.45) is 0 Å². The van der Waals surface area contributed by atoms with Gasteiger partial charge >= 0.3 is 12.1 Å². The first-order valence-electron chi connectivity index (χ1n) is 5.63.